The zero-order valence-corrected chi connectivity index (χ0v) is 12.4. The Bertz CT molecular complexity index is 543. The molecule has 0 amide bonds. The van der Waals surface area contributed by atoms with Crippen LogP contribution < -0.4 is 16.2 Å². The predicted octanol–water partition coefficient (Wildman–Crippen LogP) is 2.56. The maximum atomic E-state index is 5.51. The van der Waals surface area contributed by atoms with Gasteiger partial charge in [0.05, 0.1) is 0 Å². The molecule has 1 aliphatic rings. The first-order valence-corrected chi connectivity index (χ1v) is 7.86. The van der Waals surface area contributed by atoms with E-state index in [1.54, 1.807) is 11.3 Å². The van der Waals surface area contributed by atoms with Gasteiger partial charge in [-0.1, -0.05) is 6.92 Å². The molecule has 20 heavy (non-hydrogen) atoms. The number of rotatable bonds is 6. The van der Waals surface area contributed by atoms with Crippen LogP contribution in [0.1, 0.15) is 31.2 Å². The Labute approximate surface area is 122 Å². The average molecular weight is 289 g/mol. The summed E-state index contributed by atoms with van der Waals surface area (Å²) in [7, 11) is 0. The summed E-state index contributed by atoms with van der Waals surface area (Å²) in [6.07, 6.45) is 3.28. The van der Waals surface area contributed by atoms with Gasteiger partial charge in [0.25, 0.3) is 0 Å². The molecule has 0 bridgehead atoms. The van der Waals surface area contributed by atoms with Gasteiger partial charge in [-0.15, -0.1) is 0 Å². The highest BCUT2D eigenvalue weighted by Crippen LogP contribution is 2.33. The van der Waals surface area contributed by atoms with Crippen LogP contribution in [0, 0.1) is 0 Å². The van der Waals surface area contributed by atoms with Crippen LogP contribution in [0.4, 0.5) is 11.6 Å². The van der Waals surface area contributed by atoms with Gasteiger partial charge in [0.15, 0.2) is 0 Å². The number of thiophene rings is 1. The largest absolute Gasteiger partial charge is 0.349 e. The molecule has 3 rings (SSSR count). The Morgan fingerprint density at radius 2 is 2.30 bits per heavy atom. The zero-order chi connectivity index (χ0) is 13.9. The summed E-state index contributed by atoms with van der Waals surface area (Å²) < 4.78 is 0. The first kappa shape index (κ1) is 13.3. The van der Waals surface area contributed by atoms with Gasteiger partial charge in [0, 0.05) is 25.1 Å². The molecule has 0 aromatic carbocycles. The molecule has 0 spiro atoms. The quantitative estimate of drug-likeness (QED) is 0.632. The first-order valence-electron chi connectivity index (χ1n) is 6.92. The van der Waals surface area contributed by atoms with E-state index in [-0.39, 0.29) is 0 Å². The van der Waals surface area contributed by atoms with Crippen molar-refractivity contribution in [3.8, 4) is 0 Å². The standard InChI is InChI=1S/C14H19N5S/c1-2-12-16-13(18-15)7-14(17-12)19(11-3-4-11)8-10-5-6-20-9-10/h5-7,9,11H,2-4,8,15H2,1H3,(H,16,17,18). The third kappa shape index (κ3) is 2.91. The molecule has 5 nitrogen and oxygen atoms in total. The van der Waals surface area contributed by atoms with Crippen LogP contribution >= 0.6 is 11.3 Å². The highest BCUT2D eigenvalue weighted by atomic mass is 32.1. The molecule has 106 valence electrons. The van der Waals surface area contributed by atoms with Gasteiger partial charge in [0.1, 0.15) is 17.5 Å². The number of nitrogens with one attached hydrogen (secondary N) is 1. The zero-order valence-electron chi connectivity index (χ0n) is 11.5. The predicted molar refractivity (Wildman–Crippen MR) is 82.7 cm³/mol. The van der Waals surface area contributed by atoms with Crippen molar-refractivity contribution in [2.45, 2.75) is 38.8 Å². The molecule has 0 unspecified atom stereocenters. The summed E-state index contributed by atoms with van der Waals surface area (Å²) in [5.41, 5.74) is 3.97. The van der Waals surface area contributed by atoms with E-state index >= 15 is 0 Å². The lowest BCUT2D eigenvalue weighted by molar-refractivity contribution is 0.767. The lowest BCUT2D eigenvalue weighted by Crippen LogP contribution is -2.26. The summed E-state index contributed by atoms with van der Waals surface area (Å²) in [6.45, 7) is 2.96. The first-order chi connectivity index (χ1) is 9.80. The minimum atomic E-state index is 0.597. The third-order valence-electron chi connectivity index (χ3n) is 3.44. The topological polar surface area (TPSA) is 67.1 Å². The molecule has 2 aromatic rings. The van der Waals surface area contributed by atoms with Gasteiger partial charge in [-0.3, -0.25) is 0 Å². The van der Waals surface area contributed by atoms with Crippen LogP contribution in [0.25, 0.3) is 0 Å². The monoisotopic (exact) mass is 289 g/mol. The molecule has 2 heterocycles. The molecule has 1 aliphatic carbocycles. The van der Waals surface area contributed by atoms with E-state index in [9.17, 15) is 0 Å². The summed E-state index contributed by atoms with van der Waals surface area (Å²) in [5, 5.41) is 4.31. The lowest BCUT2D eigenvalue weighted by atomic mass is 10.3. The van der Waals surface area contributed by atoms with Crippen LogP contribution in [0.2, 0.25) is 0 Å². The Morgan fingerprint density at radius 1 is 1.45 bits per heavy atom. The smallest absolute Gasteiger partial charge is 0.145 e. The van der Waals surface area contributed by atoms with E-state index < -0.39 is 0 Å². The number of nitrogens with two attached hydrogens (primary N) is 1. The molecule has 0 radical (unpaired) electrons. The fourth-order valence-electron chi connectivity index (χ4n) is 2.22. The van der Waals surface area contributed by atoms with E-state index in [1.807, 2.05) is 6.07 Å². The number of hydrogen-bond donors (Lipinski definition) is 2. The number of hydrogen-bond acceptors (Lipinski definition) is 6. The Kier molecular flexibility index (Phi) is 3.84. The van der Waals surface area contributed by atoms with Gasteiger partial charge in [-0.05, 0) is 35.2 Å². The van der Waals surface area contributed by atoms with Crippen molar-refractivity contribution in [2.24, 2.45) is 5.84 Å². The molecule has 0 atom stereocenters. The van der Waals surface area contributed by atoms with Gasteiger partial charge >= 0.3 is 0 Å². The molecule has 0 aliphatic heterocycles. The van der Waals surface area contributed by atoms with Gasteiger partial charge in [-0.2, -0.15) is 11.3 Å². The van der Waals surface area contributed by atoms with Crippen molar-refractivity contribution < 1.29 is 0 Å². The summed E-state index contributed by atoms with van der Waals surface area (Å²) in [4.78, 5) is 11.4. The molecule has 1 saturated carbocycles. The van der Waals surface area contributed by atoms with E-state index in [4.69, 9.17) is 5.84 Å². The lowest BCUT2D eigenvalue weighted by Gasteiger charge is -2.24. The molecule has 3 N–H and O–H groups in total. The number of anilines is 2. The number of nitrogen functional groups attached to an aromatic ring is 1. The number of hydrazine groups is 1. The Hall–Kier alpha value is -1.66. The van der Waals surface area contributed by atoms with Crippen molar-refractivity contribution in [2.75, 3.05) is 10.3 Å². The second kappa shape index (κ2) is 5.76. The minimum Gasteiger partial charge on any atom is -0.349 e. The maximum Gasteiger partial charge on any atom is 0.145 e. The van der Waals surface area contributed by atoms with Gasteiger partial charge in [-0.25, -0.2) is 15.8 Å². The normalized spacial score (nSPS) is 14.3. The second-order valence-electron chi connectivity index (χ2n) is 5.02. The molecule has 0 saturated heterocycles. The second-order valence-corrected chi connectivity index (χ2v) is 5.80. The number of aromatic nitrogens is 2. The fraction of sp³-hybridized carbons (Fsp3) is 0.429. The molecule has 2 aromatic heterocycles. The van der Waals surface area contributed by atoms with Crippen LogP contribution in [-0.2, 0) is 13.0 Å². The molecular formula is C14H19N5S. The van der Waals surface area contributed by atoms with Crippen LogP contribution in [0.3, 0.4) is 0 Å². The number of nitrogens with zero attached hydrogens (tertiary/aromatic N) is 3. The summed E-state index contributed by atoms with van der Waals surface area (Å²) in [5.74, 6) is 7.99. The van der Waals surface area contributed by atoms with Crippen molar-refractivity contribution >= 4 is 23.0 Å². The van der Waals surface area contributed by atoms with Crippen molar-refractivity contribution in [3.63, 3.8) is 0 Å². The highest BCUT2D eigenvalue weighted by molar-refractivity contribution is 7.07. The average Bonchev–Trinajstić information content (AvgIpc) is 3.20. The third-order valence-corrected chi connectivity index (χ3v) is 4.17. The summed E-state index contributed by atoms with van der Waals surface area (Å²) in [6, 6.07) is 4.70. The van der Waals surface area contributed by atoms with E-state index in [2.05, 4.69) is 44.0 Å². The Balaban J connectivity index is 1.90. The minimum absolute atomic E-state index is 0.597. The molecule has 6 heteroatoms. The van der Waals surface area contributed by atoms with Crippen LogP contribution in [-0.4, -0.2) is 16.0 Å². The van der Waals surface area contributed by atoms with E-state index in [1.165, 1.54) is 18.4 Å². The summed E-state index contributed by atoms with van der Waals surface area (Å²) >= 11 is 1.73. The van der Waals surface area contributed by atoms with Crippen molar-refractivity contribution in [1.29, 1.82) is 0 Å². The van der Waals surface area contributed by atoms with Gasteiger partial charge in [0.2, 0.25) is 0 Å². The Morgan fingerprint density at radius 3 is 2.90 bits per heavy atom. The SMILES string of the molecule is CCc1nc(NN)cc(N(Cc2ccsc2)C2CC2)n1. The maximum absolute atomic E-state index is 5.51. The molecule has 1 fully saturated rings. The molecular weight excluding hydrogens is 270 g/mol. The van der Waals surface area contributed by atoms with Crippen molar-refractivity contribution in [1.82, 2.24) is 9.97 Å². The number of aryl methyl sites for hydroxylation is 1. The van der Waals surface area contributed by atoms with Gasteiger partial charge < -0.3 is 10.3 Å². The highest BCUT2D eigenvalue weighted by Gasteiger charge is 2.30. The van der Waals surface area contributed by atoms with Crippen LogP contribution in [0.15, 0.2) is 22.9 Å². The fourth-order valence-corrected chi connectivity index (χ4v) is 2.88. The van der Waals surface area contributed by atoms with E-state index in [0.717, 1.165) is 24.6 Å². The van der Waals surface area contributed by atoms with Crippen LogP contribution in [0.5, 0.6) is 0 Å². The van der Waals surface area contributed by atoms with Crippen molar-refractivity contribution in [3.05, 3.63) is 34.3 Å². The van der Waals surface area contributed by atoms with E-state index in [0.29, 0.717) is 11.9 Å².